The number of anilines is 1. The second-order valence-electron chi connectivity index (χ2n) is 6.03. The highest BCUT2D eigenvalue weighted by molar-refractivity contribution is 5.87. The number of hydrogen-bond donors (Lipinski definition) is 2. The van der Waals surface area contributed by atoms with Crippen molar-refractivity contribution in [3.05, 3.63) is 29.8 Å². The molecule has 2 amide bonds. The number of hydrogen-bond acceptors (Lipinski definition) is 4. The highest BCUT2D eigenvalue weighted by Crippen LogP contribution is 2.25. The third-order valence-corrected chi connectivity index (χ3v) is 4.45. The summed E-state index contributed by atoms with van der Waals surface area (Å²) in [7, 11) is 0. The molecule has 6 nitrogen and oxygen atoms in total. The van der Waals surface area contributed by atoms with Gasteiger partial charge >= 0.3 is 6.09 Å². The Kier molecular flexibility index (Phi) is 4.69. The highest BCUT2D eigenvalue weighted by Gasteiger charge is 2.30. The summed E-state index contributed by atoms with van der Waals surface area (Å²) < 4.78 is 5.00. The summed E-state index contributed by atoms with van der Waals surface area (Å²) in [6.07, 6.45) is 2.00. The maximum atomic E-state index is 12.4. The Morgan fingerprint density at radius 1 is 1.30 bits per heavy atom. The molecule has 3 rings (SSSR count). The third kappa shape index (κ3) is 3.57. The summed E-state index contributed by atoms with van der Waals surface area (Å²) in [6, 6.07) is 7.94. The Balaban J connectivity index is 1.46. The van der Waals surface area contributed by atoms with Crippen molar-refractivity contribution in [2.75, 3.05) is 25.0 Å². The minimum absolute atomic E-state index is 0.0378. The number of carbonyl (C=O) groups is 2. The van der Waals surface area contributed by atoms with Gasteiger partial charge in [-0.3, -0.25) is 4.79 Å². The average Bonchev–Trinajstić information content (AvgIpc) is 3.00. The standard InChI is InChI=1S/C17H23N3O3/c1-2-23-17(22)20-9-7-13(8-10-20)18-16(21)15-11-12-5-3-4-6-14(12)19-15/h3-6,13,15,19H,2,7-11H2,1H3,(H,18,21). The van der Waals surface area contributed by atoms with Crippen LogP contribution in [0, 0.1) is 0 Å². The lowest BCUT2D eigenvalue weighted by atomic mass is 10.0. The molecular formula is C17H23N3O3. The fraction of sp³-hybridized carbons (Fsp3) is 0.529. The van der Waals surface area contributed by atoms with Crippen molar-refractivity contribution < 1.29 is 14.3 Å². The van der Waals surface area contributed by atoms with Gasteiger partial charge in [-0.05, 0) is 31.4 Å². The first-order valence-electron chi connectivity index (χ1n) is 8.24. The predicted molar refractivity (Wildman–Crippen MR) is 87.3 cm³/mol. The molecule has 1 aromatic carbocycles. The van der Waals surface area contributed by atoms with Gasteiger partial charge in [0.1, 0.15) is 6.04 Å². The first kappa shape index (κ1) is 15.6. The number of nitrogens with zero attached hydrogens (tertiary/aromatic N) is 1. The minimum Gasteiger partial charge on any atom is -0.450 e. The predicted octanol–water partition coefficient (Wildman–Crippen LogP) is 1.76. The zero-order chi connectivity index (χ0) is 16.2. The Morgan fingerprint density at radius 3 is 2.74 bits per heavy atom. The number of ether oxygens (including phenoxy) is 1. The fourth-order valence-electron chi connectivity index (χ4n) is 3.18. The van der Waals surface area contributed by atoms with Crippen LogP contribution in [0.4, 0.5) is 10.5 Å². The van der Waals surface area contributed by atoms with Crippen LogP contribution >= 0.6 is 0 Å². The van der Waals surface area contributed by atoms with E-state index in [9.17, 15) is 9.59 Å². The molecule has 124 valence electrons. The first-order chi connectivity index (χ1) is 11.2. The first-order valence-corrected chi connectivity index (χ1v) is 8.24. The van der Waals surface area contributed by atoms with E-state index in [0.717, 1.165) is 24.9 Å². The second-order valence-corrected chi connectivity index (χ2v) is 6.03. The van der Waals surface area contributed by atoms with Gasteiger partial charge in [-0.15, -0.1) is 0 Å². The molecule has 0 aliphatic carbocycles. The molecular weight excluding hydrogens is 294 g/mol. The van der Waals surface area contributed by atoms with Crippen LogP contribution in [0.5, 0.6) is 0 Å². The molecule has 0 radical (unpaired) electrons. The topological polar surface area (TPSA) is 70.7 Å². The van der Waals surface area contributed by atoms with Gasteiger partial charge in [-0.1, -0.05) is 18.2 Å². The van der Waals surface area contributed by atoms with Crippen molar-refractivity contribution in [3.63, 3.8) is 0 Å². The SMILES string of the molecule is CCOC(=O)N1CCC(NC(=O)C2Cc3ccccc3N2)CC1. The van der Waals surface area contributed by atoms with Crippen molar-refractivity contribution >= 4 is 17.7 Å². The molecule has 0 bridgehead atoms. The maximum Gasteiger partial charge on any atom is 0.409 e. The van der Waals surface area contributed by atoms with Gasteiger partial charge in [0, 0.05) is 31.2 Å². The zero-order valence-electron chi connectivity index (χ0n) is 13.4. The number of nitrogens with one attached hydrogen (secondary N) is 2. The average molecular weight is 317 g/mol. The summed E-state index contributed by atoms with van der Waals surface area (Å²) in [4.78, 5) is 25.8. The second kappa shape index (κ2) is 6.89. The lowest BCUT2D eigenvalue weighted by Crippen LogP contribution is -2.50. The lowest BCUT2D eigenvalue weighted by Gasteiger charge is -2.32. The number of amides is 2. The van der Waals surface area contributed by atoms with Crippen LogP contribution in [0.3, 0.4) is 0 Å². The summed E-state index contributed by atoms with van der Waals surface area (Å²) in [5.41, 5.74) is 2.23. The largest absolute Gasteiger partial charge is 0.450 e. The molecule has 1 atom stereocenters. The quantitative estimate of drug-likeness (QED) is 0.891. The van der Waals surface area contributed by atoms with Crippen LogP contribution in [0.15, 0.2) is 24.3 Å². The smallest absolute Gasteiger partial charge is 0.409 e. The van der Waals surface area contributed by atoms with Gasteiger partial charge in [0.2, 0.25) is 5.91 Å². The zero-order valence-corrected chi connectivity index (χ0v) is 13.4. The normalized spacial score (nSPS) is 20.6. The number of fused-ring (bicyclic) bond motifs is 1. The van der Waals surface area contributed by atoms with Crippen LogP contribution in [0.1, 0.15) is 25.3 Å². The van der Waals surface area contributed by atoms with Gasteiger partial charge in [-0.2, -0.15) is 0 Å². The molecule has 0 aromatic heterocycles. The molecule has 6 heteroatoms. The van der Waals surface area contributed by atoms with Crippen LogP contribution in [-0.2, 0) is 16.0 Å². The van der Waals surface area contributed by atoms with E-state index >= 15 is 0 Å². The molecule has 1 unspecified atom stereocenters. The summed E-state index contributed by atoms with van der Waals surface area (Å²) in [5.74, 6) is 0.0378. The van der Waals surface area contributed by atoms with Crippen molar-refractivity contribution in [1.29, 1.82) is 0 Å². The van der Waals surface area contributed by atoms with Gasteiger partial charge in [0.15, 0.2) is 0 Å². The number of benzene rings is 1. The number of carbonyl (C=O) groups excluding carboxylic acids is 2. The van der Waals surface area contributed by atoms with Gasteiger partial charge in [0.05, 0.1) is 6.61 Å². The number of rotatable bonds is 3. The van der Waals surface area contributed by atoms with Crippen LogP contribution < -0.4 is 10.6 Å². The molecule has 1 fully saturated rings. The summed E-state index contributed by atoms with van der Waals surface area (Å²) >= 11 is 0. The fourth-order valence-corrected chi connectivity index (χ4v) is 3.18. The molecule has 0 saturated carbocycles. The third-order valence-electron chi connectivity index (χ3n) is 4.45. The minimum atomic E-state index is -0.259. The molecule has 2 heterocycles. The van der Waals surface area contributed by atoms with Crippen LogP contribution in [0.25, 0.3) is 0 Å². The van der Waals surface area contributed by atoms with E-state index in [1.807, 2.05) is 24.3 Å². The number of piperidine rings is 1. The summed E-state index contributed by atoms with van der Waals surface area (Å²) in [5, 5.41) is 6.38. The molecule has 23 heavy (non-hydrogen) atoms. The molecule has 2 aliphatic rings. The van der Waals surface area contributed by atoms with Crippen molar-refractivity contribution in [2.24, 2.45) is 0 Å². The summed E-state index contributed by atoms with van der Waals surface area (Å²) in [6.45, 7) is 3.45. The van der Waals surface area contributed by atoms with E-state index in [0.29, 0.717) is 19.7 Å². The van der Waals surface area contributed by atoms with E-state index in [-0.39, 0.29) is 24.1 Å². The molecule has 0 spiro atoms. The molecule has 1 saturated heterocycles. The van der Waals surface area contributed by atoms with Gasteiger partial charge in [-0.25, -0.2) is 4.79 Å². The van der Waals surface area contributed by atoms with Crippen molar-refractivity contribution in [2.45, 2.75) is 38.3 Å². The van der Waals surface area contributed by atoms with Crippen LogP contribution in [-0.4, -0.2) is 48.7 Å². The van der Waals surface area contributed by atoms with Gasteiger partial charge in [0.25, 0.3) is 0 Å². The van der Waals surface area contributed by atoms with E-state index in [4.69, 9.17) is 4.74 Å². The molecule has 1 aromatic rings. The molecule has 2 N–H and O–H groups in total. The van der Waals surface area contributed by atoms with Gasteiger partial charge < -0.3 is 20.3 Å². The Bertz CT molecular complexity index is 557. The van der Waals surface area contributed by atoms with E-state index in [2.05, 4.69) is 10.6 Å². The Morgan fingerprint density at radius 2 is 2.04 bits per heavy atom. The van der Waals surface area contributed by atoms with Crippen molar-refractivity contribution in [1.82, 2.24) is 10.2 Å². The van der Waals surface area contributed by atoms with E-state index in [1.54, 1.807) is 11.8 Å². The van der Waals surface area contributed by atoms with Crippen LogP contribution in [0.2, 0.25) is 0 Å². The van der Waals surface area contributed by atoms with E-state index < -0.39 is 0 Å². The van der Waals surface area contributed by atoms with E-state index in [1.165, 1.54) is 5.56 Å². The Labute approximate surface area is 136 Å². The monoisotopic (exact) mass is 317 g/mol. The highest BCUT2D eigenvalue weighted by atomic mass is 16.6. The number of para-hydroxylation sites is 1. The lowest BCUT2D eigenvalue weighted by molar-refractivity contribution is -0.122. The maximum absolute atomic E-state index is 12.4. The molecule has 2 aliphatic heterocycles. The number of likely N-dealkylation sites (tertiary alicyclic amines) is 1. The Hall–Kier alpha value is -2.24. The van der Waals surface area contributed by atoms with Crippen molar-refractivity contribution in [3.8, 4) is 0 Å².